The fraction of sp³-hybridized carbons (Fsp3) is 0.182. The zero-order chi connectivity index (χ0) is 22.1. The van der Waals surface area contributed by atoms with E-state index >= 15 is 0 Å². The van der Waals surface area contributed by atoms with Gasteiger partial charge in [-0.3, -0.25) is 10.0 Å². The molecular formula is C22H22N2O6. The van der Waals surface area contributed by atoms with Crippen molar-refractivity contribution in [3.8, 4) is 29.1 Å². The van der Waals surface area contributed by atoms with Crippen molar-refractivity contribution in [1.82, 2.24) is 5.48 Å². The van der Waals surface area contributed by atoms with Crippen molar-refractivity contribution in [2.24, 2.45) is 0 Å². The van der Waals surface area contributed by atoms with Gasteiger partial charge in [0.15, 0.2) is 11.5 Å². The number of nitriles is 1. The molecule has 2 N–H and O–H groups in total. The summed E-state index contributed by atoms with van der Waals surface area (Å²) in [6, 6.07) is 10.8. The first-order valence-corrected chi connectivity index (χ1v) is 8.73. The predicted octanol–water partition coefficient (Wildman–Crippen LogP) is 3.19. The number of carbonyl (C=O) groups is 1. The van der Waals surface area contributed by atoms with Gasteiger partial charge in [-0.05, 0) is 47.0 Å². The lowest BCUT2D eigenvalue weighted by Crippen LogP contribution is -2.14. The summed E-state index contributed by atoms with van der Waals surface area (Å²) >= 11 is 0. The number of ether oxygens (including phenoxy) is 4. The van der Waals surface area contributed by atoms with E-state index in [0.29, 0.717) is 45.3 Å². The van der Waals surface area contributed by atoms with Gasteiger partial charge < -0.3 is 18.9 Å². The van der Waals surface area contributed by atoms with Crippen molar-refractivity contribution in [1.29, 1.82) is 5.26 Å². The number of nitrogens with one attached hydrogen (secondary N) is 1. The minimum atomic E-state index is -0.681. The summed E-state index contributed by atoms with van der Waals surface area (Å²) in [6.45, 7) is 0. The number of benzene rings is 2. The monoisotopic (exact) mass is 410 g/mol. The Bertz CT molecular complexity index is 996. The van der Waals surface area contributed by atoms with Gasteiger partial charge in [-0.25, -0.2) is 5.48 Å². The van der Waals surface area contributed by atoms with Crippen LogP contribution in [0.25, 0.3) is 11.6 Å². The Kier molecular flexibility index (Phi) is 7.85. The number of methoxy groups -OCH3 is 4. The first-order valence-electron chi connectivity index (χ1n) is 8.73. The molecule has 0 saturated heterocycles. The third-order valence-electron chi connectivity index (χ3n) is 4.25. The molecule has 2 rings (SSSR count). The van der Waals surface area contributed by atoms with Crippen LogP contribution in [0.3, 0.4) is 0 Å². The van der Waals surface area contributed by atoms with Crippen molar-refractivity contribution >= 4 is 17.6 Å². The first-order chi connectivity index (χ1) is 14.5. The van der Waals surface area contributed by atoms with E-state index in [9.17, 15) is 10.1 Å². The summed E-state index contributed by atoms with van der Waals surface area (Å²) in [5.74, 6) is 1.17. The number of allylic oxidation sites excluding steroid dienone is 1. The summed E-state index contributed by atoms with van der Waals surface area (Å²) in [6.07, 6.45) is 4.05. The van der Waals surface area contributed by atoms with Crippen LogP contribution in [0.4, 0.5) is 0 Å². The molecule has 156 valence electrons. The lowest BCUT2D eigenvalue weighted by Gasteiger charge is -2.16. The van der Waals surface area contributed by atoms with Crippen LogP contribution >= 0.6 is 0 Å². The highest BCUT2D eigenvalue weighted by atomic mass is 16.5. The highest BCUT2D eigenvalue weighted by Crippen LogP contribution is 2.41. The predicted molar refractivity (Wildman–Crippen MR) is 111 cm³/mol. The molecule has 0 atom stereocenters. The highest BCUT2D eigenvalue weighted by molar-refractivity contribution is 5.92. The van der Waals surface area contributed by atoms with Crippen LogP contribution in [-0.2, 0) is 4.79 Å². The van der Waals surface area contributed by atoms with E-state index in [-0.39, 0.29) is 0 Å². The lowest BCUT2D eigenvalue weighted by molar-refractivity contribution is -0.124. The molecule has 0 aromatic heterocycles. The second-order valence-corrected chi connectivity index (χ2v) is 5.87. The molecule has 0 aliphatic carbocycles. The number of hydroxylamine groups is 1. The Morgan fingerprint density at radius 3 is 2.10 bits per heavy atom. The molecule has 30 heavy (non-hydrogen) atoms. The second-order valence-electron chi connectivity index (χ2n) is 5.87. The third-order valence-corrected chi connectivity index (χ3v) is 4.25. The van der Waals surface area contributed by atoms with E-state index in [2.05, 4.69) is 6.07 Å². The largest absolute Gasteiger partial charge is 0.496 e. The average Bonchev–Trinajstić information content (AvgIpc) is 2.79. The van der Waals surface area contributed by atoms with Crippen LogP contribution < -0.4 is 24.4 Å². The quantitative estimate of drug-likeness (QED) is 0.298. The molecule has 0 radical (unpaired) electrons. The Balaban J connectivity index is 2.65. The molecule has 0 bridgehead atoms. The molecular weight excluding hydrogens is 388 g/mol. The minimum Gasteiger partial charge on any atom is -0.496 e. The molecule has 2 aromatic rings. The number of nitrogens with zero attached hydrogens (tertiary/aromatic N) is 1. The molecule has 0 aliphatic heterocycles. The molecule has 0 fully saturated rings. The van der Waals surface area contributed by atoms with Crippen LogP contribution in [0.5, 0.6) is 23.0 Å². The normalized spacial score (nSPS) is 11.0. The number of rotatable bonds is 8. The van der Waals surface area contributed by atoms with E-state index in [0.717, 1.165) is 6.08 Å². The molecule has 0 saturated carbocycles. The number of hydrogen-bond donors (Lipinski definition) is 2. The van der Waals surface area contributed by atoms with E-state index in [1.165, 1.54) is 46.1 Å². The van der Waals surface area contributed by atoms with Gasteiger partial charge in [-0.15, -0.1) is 0 Å². The average molecular weight is 410 g/mol. The molecule has 8 heteroatoms. The Labute approximate surface area is 174 Å². The number of hydrogen-bond acceptors (Lipinski definition) is 7. The van der Waals surface area contributed by atoms with Gasteiger partial charge in [-0.1, -0.05) is 6.07 Å². The van der Waals surface area contributed by atoms with Gasteiger partial charge in [0.2, 0.25) is 5.75 Å². The van der Waals surface area contributed by atoms with E-state index in [4.69, 9.17) is 24.2 Å². The fourth-order valence-corrected chi connectivity index (χ4v) is 2.87. The van der Waals surface area contributed by atoms with Crippen molar-refractivity contribution in [2.75, 3.05) is 28.4 Å². The highest BCUT2D eigenvalue weighted by Gasteiger charge is 2.17. The maximum Gasteiger partial charge on any atom is 0.267 e. The molecule has 1 amide bonds. The smallest absolute Gasteiger partial charge is 0.267 e. The Hall–Kier alpha value is -3.96. The molecule has 2 aromatic carbocycles. The molecule has 0 spiro atoms. The lowest BCUT2D eigenvalue weighted by atomic mass is 9.95. The third kappa shape index (κ3) is 4.90. The maximum absolute atomic E-state index is 11.3. The second kappa shape index (κ2) is 10.5. The van der Waals surface area contributed by atoms with Gasteiger partial charge in [0.05, 0.1) is 34.5 Å². The van der Waals surface area contributed by atoms with E-state index in [1.54, 1.807) is 30.3 Å². The topological polar surface area (TPSA) is 110 Å². The Morgan fingerprint density at radius 1 is 0.967 bits per heavy atom. The molecule has 0 aliphatic rings. The van der Waals surface area contributed by atoms with Crippen LogP contribution in [0.1, 0.15) is 16.7 Å². The standard InChI is InChI=1S/C22H22N2O6/c1-27-18-7-5-14(11-15(18)6-8-21(25)24-26)17(9-10-23)16-12-19(28-2)22(30-4)20(13-16)29-3/h5-9,11-13,26H,1-4H3,(H,24,25)/b8-6+,17-9+. The first kappa shape index (κ1) is 22.3. The van der Waals surface area contributed by atoms with Crippen molar-refractivity contribution in [2.45, 2.75) is 0 Å². The SMILES string of the molecule is COc1ccc(/C(=C\C#N)c2cc(OC)c(OC)c(OC)c2)cc1/C=C/C(=O)NO. The van der Waals surface area contributed by atoms with Crippen LogP contribution in [-0.4, -0.2) is 39.6 Å². The van der Waals surface area contributed by atoms with Crippen LogP contribution in [0.2, 0.25) is 0 Å². The fourth-order valence-electron chi connectivity index (χ4n) is 2.87. The van der Waals surface area contributed by atoms with E-state index in [1.807, 2.05) is 0 Å². The Morgan fingerprint density at radius 2 is 1.60 bits per heavy atom. The molecule has 8 nitrogen and oxygen atoms in total. The molecule has 0 heterocycles. The number of amides is 1. The van der Waals surface area contributed by atoms with Crippen molar-refractivity contribution in [3.63, 3.8) is 0 Å². The number of carbonyl (C=O) groups excluding carboxylic acids is 1. The van der Waals surface area contributed by atoms with Gasteiger partial charge in [0.25, 0.3) is 5.91 Å². The summed E-state index contributed by atoms with van der Waals surface area (Å²) in [5, 5.41) is 18.0. The van der Waals surface area contributed by atoms with Crippen LogP contribution in [0.15, 0.2) is 42.5 Å². The zero-order valence-corrected chi connectivity index (χ0v) is 17.1. The zero-order valence-electron chi connectivity index (χ0n) is 17.1. The van der Waals surface area contributed by atoms with E-state index < -0.39 is 5.91 Å². The summed E-state index contributed by atoms with van der Waals surface area (Å²) < 4.78 is 21.5. The van der Waals surface area contributed by atoms with Gasteiger partial charge in [-0.2, -0.15) is 5.26 Å². The van der Waals surface area contributed by atoms with Crippen molar-refractivity contribution < 1.29 is 28.9 Å². The summed E-state index contributed by atoms with van der Waals surface area (Å²) in [5.41, 5.74) is 4.06. The molecule has 0 unspecified atom stereocenters. The van der Waals surface area contributed by atoms with Crippen LogP contribution in [0, 0.1) is 11.3 Å². The summed E-state index contributed by atoms with van der Waals surface area (Å²) in [4.78, 5) is 11.3. The minimum absolute atomic E-state index is 0.438. The van der Waals surface area contributed by atoms with Gasteiger partial charge >= 0.3 is 0 Å². The summed E-state index contributed by atoms with van der Waals surface area (Å²) in [7, 11) is 6.04. The van der Waals surface area contributed by atoms with Crippen molar-refractivity contribution in [3.05, 3.63) is 59.2 Å². The van der Waals surface area contributed by atoms with Gasteiger partial charge in [0, 0.05) is 17.7 Å². The maximum atomic E-state index is 11.3. The van der Waals surface area contributed by atoms with Gasteiger partial charge in [0.1, 0.15) is 5.75 Å².